The Morgan fingerprint density at radius 2 is 0.436 bits per heavy atom. The van der Waals surface area contributed by atoms with Crippen LogP contribution in [0.5, 0.6) is 0 Å². The third-order valence-electron chi connectivity index (χ3n) is 16.5. The van der Waals surface area contributed by atoms with Gasteiger partial charge in [0, 0.05) is 13.0 Å². The topological polar surface area (TPSA) is 915 Å². The molecule has 140 heavy (non-hydrogen) atoms. The Labute approximate surface area is 844 Å². The van der Waals surface area contributed by atoms with Crippen LogP contribution in [0.2, 0.25) is 0 Å². The lowest BCUT2D eigenvalue weighted by molar-refractivity contribution is -0.143. The highest BCUT2D eigenvalue weighted by Gasteiger charge is 2.32. The highest BCUT2D eigenvalue weighted by Crippen LogP contribution is 2.17. The number of carbonyl (C=O) groups is 9. The van der Waals surface area contributed by atoms with E-state index in [1.807, 2.05) is 18.2 Å². The Morgan fingerprint density at radius 1 is 0.250 bits per heavy atom. The van der Waals surface area contributed by atoms with E-state index in [0.29, 0.717) is 98.0 Å². The monoisotopic (exact) mass is 2090 g/mol. The van der Waals surface area contributed by atoms with Gasteiger partial charge < -0.3 is 149 Å². The molecule has 0 aromatic carbocycles. The summed E-state index contributed by atoms with van der Waals surface area (Å²) in [4.78, 5) is 130. The minimum atomic E-state index is -1.33. The molecule has 0 aromatic heterocycles. The summed E-state index contributed by atoms with van der Waals surface area (Å²) in [6.07, 6.45) is 23.7. The van der Waals surface area contributed by atoms with Crippen LogP contribution in [0.15, 0.2) is 141 Å². The molecule has 53 heteroatoms. The minimum absolute atomic E-state index is 0. The van der Waals surface area contributed by atoms with E-state index < -0.39 is 127 Å². The van der Waals surface area contributed by atoms with Gasteiger partial charge in [0.25, 0.3) is 0 Å². The number of aliphatic carboxylic acids is 9. The SMILES string of the molecule is CC(N)=NC/C(F)=C\CCC(C)(N)C(=O)O.CC(N)=NC/C(F)=C\CC[C@](C)(N)C(=O)O.CC(N)=NC/C(F)=C\CC[C@](C)(N)C(=O)O.CC(N)=NC/C(F)=C\CC[C@](C)(N)C(=O)O.CC(N)=NC/C=C/C[C@@](C)(N)C(=O)O.CC(N)=NC/C=C/C[C@](C)(N)C(=O)O.CC(N)=NC/C=C\CC[C@@](C)(N)C(=O)O.CC(N)=NCC#CCC(C)(N)C(=O)O.CC(N)=NCC/C=C\CC(C)(N)C(=O)O.Cl.Cl.Cl.Cl. The molecule has 810 valence electrons. The lowest BCUT2D eigenvalue weighted by atomic mass is 9.97. The molecular weight excluding hydrogens is 1930 g/mol. The number of amidine groups is 9. The first-order valence-corrected chi connectivity index (χ1v) is 41.9. The molecule has 3 unspecified atom stereocenters. The van der Waals surface area contributed by atoms with Gasteiger partial charge in [-0.05, 0) is 215 Å². The lowest BCUT2D eigenvalue weighted by Crippen LogP contribution is -2.44. The molecule has 9 atom stereocenters. The second-order valence-electron chi connectivity index (χ2n) is 32.9. The Kier molecular flexibility index (Phi) is 94.3. The first-order valence-electron chi connectivity index (χ1n) is 41.9. The maximum atomic E-state index is 13.0. The van der Waals surface area contributed by atoms with Crippen LogP contribution in [0.25, 0.3) is 0 Å². The summed E-state index contributed by atoms with van der Waals surface area (Å²) in [7, 11) is 0. The number of carboxylic acid groups (broad SMARTS) is 9. The van der Waals surface area contributed by atoms with Crippen LogP contribution in [0.1, 0.15) is 221 Å². The van der Waals surface area contributed by atoms with Crippen LogP contribution in [0.4, 0.5) is 17.6 Å². The van der Waals surface area contributed by atoms with Gasteiger partial charge in [0.1, 0.15) is 79.7 Å². The molecule has 45 N–H and O–H groups in total. The van der Waals surface area contributed by atoms with E-state index in [1.54, 1.807) is 92.7 Å². The third kappa shape index (κ3) is 105. The Balaban J connectivity index is -0.000000117. The van der Waals surface area contributed by atoms with Crippen LogP contribution in [-0.2, 0) is 43.2 Å². The van der Waals surface area contributed by atoms with E-state index in [-0.39, 0.29) is 153 Å². The second-order valence-corrected chi connectivity index (χ2v) is 32.9. The van der Waals surface area contributed by atoms with Crippen molar-refractivity contribution in [2.24, 2.45) is 148 Å². The summed E-state index contributed by atoms with van der Waals surface area (Å²) >= 11 is 0. The van der Waals surface area contributed by atoms with Gasteiger partial charge in [-0.3, -0.25) is 88.1 Å². The summed E-state index contributed by atoms with van der Waals surface area (Å²) in [6, 6.07) is 0. The highest BCUT2D eigenvalue weighted by molar-refractivity contribution is 5.87. The predicted octanol–water partition coefficient (Wildman–Crippen LogP) is 5.67. The Hall–Kier alpha value is -11.5. The fourth-order valence-corrected chi connectivity index (χ4v) is 7.24. The Morgan fingerprint density at radius 3 is 0.636 bits per heavy atom. The van der Waals surface area contributed by atoms with Crippen molar-refractivity contribution in [3.8, 4) is 11.8 Å². The van der Waals surface area contributed by atoms with Crippen molar-refractivity contribution in [2.45, 2.75) is 271 Å². The zero-order chi connectivity index (χ0) is 108. The summed E-state index contributed by atoms with van der Waals surface area (Å²) in [6.45, 7) is 29.5. The van der Waals surface area contributed by atoms with E-state index in [0.717, 1.165) is 6.42 Å². The molecule has 0 saturated heterocycles. The number of rotatable bonds is 49. The van der Waals surface area contributed by atoms with E-state index in [2.05, 4.69) is 56.8 Å². The van der Waals surface area contributed by atoms with Crippen molar-refractivity contribution < 1.29 is 107 Å². The highest BCUT2D eigenvalue weighted by atomic mass is 35.5. The van der Waals surface area contributed by atoms with Crippen molar-refractivity contribution in [3.05, 3.63) is 96.2 Å². The van der Waals surface area contributed by atoms with E-state index in [1.165, 1.54) is 86.6 Å². The summed E-state index contributed by atoms with van der Waals surface area (Å²) < 4.78 is 52.2. The molecular formula is C87H163Cl4F4N27O18. The lowest BCUT2D eigenvalue weighted by Gasteiger charge is -2.17. The van der Waals surface area contributed by atoms with Gasteiger partial charge >= 0.3 is 53.7 Å². The second kappa shape index (κ2) is 84.3. The number of hydrogen-bond donors (Lipinski definition) is 27. The first kappa shape index (κ1) is 157. The molecule has 0 radical (unpaired) electrons. The fraction of sp³-hybridized carbons (Fsp3) is 0.586. The minimum Gasteiger partial charge on any atom is -0.480 e. The van der Waals surface area contributed by atoms with Crippen molar-refractivity contribution in [1.29, 1.82) is 0 Å². The van der Waals surface area contributed by atoms with Gasteiger partial charge in [-0.15, -0.1) is 49.6 Å². The molecule has 0 amide bonds. The summed E-state index contributed by atoms with van der Waals surface area (Å²) in [5, 5.41) is 78.3. The van der Waals surface area contributed by atoms with E-state index in [9.17, 15) is 60.7 Å². The van der Waals surface area contributed by atoms with Crippen LogP contribution in [0.3, 0.4) is 0 Å². The normalized spacial score (nSPS) is 16.2. The quantitative estimate of drug-likeness (QED) is 0.00871. The average molecular weight is 2090 g/mol. The number of nitrogens with two attached hydrogens (primary N) is 18. The van der Waals surface area contributed by atoms with Crippen LogP contribution in [-0.4, -0.2) is 261 Å². The van der Waals surface area contributed by atoms with E-state index >= 15 is 0 Å². The van der Waals surface area contributed by atoms with Crippen LogP contribution in [0, 0.1) is 11.8 Å². The molecule has 0 rings (SSSR count). The molecule has 45 nitrogen and oxygen atoms in total. The molecule has 0 saturated carbocycles. The van der Waals surface area contributed by atoms with Crippen molar-refractivity contribution in [2.75, 3.05) is 58.9 Å². The maximum Gasteiger partial charge on any atom is 0.324 e. The number of halogens is 8. The number of allylic oxidation sites excluding steroid dienone is 5. The van der Waals surface area contributed by atoms with Gasteiger partial charge in [0.2, 0.25) is 0 Å². The van der Waals surface area contributed by atoms with Crippen LogP contribution >= 0.6 is 49.6 Å². The van der Waals surface area contributed by atoms with Crippen molar-refractivity contribution in [3.63, 3.8) is 0 Å². The van der Waals surface area contributed by atoms with Gasteiger partial charge in [-0.2, -0.15) is 0 Å². The molecule has 0 heterocycles. The van der Waals surface area contributed by atoms with Crippen molar-refractivity contribution in [1.82, 2.24) is 0 Å². The van der Waals surface area contributed by atoms with Gasteiger partial charge in [-0.25, -0.2) is 17.6 Å². The molecule has 0 fully saturated rings. The standard InChI is InChI=1S/4C10H18FN3O2.2C10H19N3O2.2C9H17N3O2.C9H15N3O2.4ClH/c4*1-7(12)14-6-8(11)4-3-5-10(2,13)9(15)16;2*1-8(11)13-7-5-3-4-6-10(2,12)9(14)15;3*1-7(10)12-6-4-3-5-9(2,11)8(13)14;;;;/h4*4H,3,5-6,13H2,1-2H3,(H2,12,14)(H,15,16);3,5H,4,6-7,12H2,1-2H3,(H2,11,13)(H,14,15);3-4H,5-7,12H2,1-2H3,(H2,11,13)(H,14,15);2*3-4H,5-6,11H2,1-2H3,(H2,10,12)(H,13,14);5-6,11H2,1-2H3,(H2,10,12)(H,13,14);4*1H/b4*8-4+;5-3-;4-3-;2*4-3+;;;;;/t3*10-;;10-;;2*9-;;;;;/m000.1.10...../s1. The average Bonchev–Trinajstić information content (AvgIpc) is 0.892. The van der Waals surface area contributed by atoms with E-state index in [4.69, 9.17) is 149 Å². The van der Waals surface area contributed by atoms with Crippen molar-refractivity contribution >= 4 is 156 Å². The number of nitrogens with zero attached hydrogens (tertiary/aromatic N) is 9. The number of aliphatic imine (C=N–C) groups is 9. The summed E-state index contributed by atoms with van der Waals surface area (Å²) in [5.41, 5.74) is 85.5. The van der Waals surface area contributed by atoms with Gasteiger partial charge in [0.15, 0.2) is 0 Å². The largest absolute Gasteiger partial charge is 0.480 e. The molecule has 0 aliphatic heterocycles. The number of hydrogen-bond acceptors (Lipinski definition) is 27. The first-order chi connectivity index (χ1) is 61.8. The molecule has 0 bridgehead atoms. The van der Waals surface area contributed by atoms with Gasteiger partial charge in [-0.1, -0.05) is 84.8 Å². The molecule has 0 aliphatic carbocycles. The molecule has 0 aromatic rings. The van der Waals surface area contributed by atoms with Gasteiger partial charge in [0.05, 0.1) is 98.3 Å². The summed E-state index contributed by atoms with van der Waals surface area (Å²) in [5.74, 6) is -2.15. The molecule has 0 spiro atoms. The Bertz CT molecular complexity index is 3970. The maximum absolute atomic E-state index is 13.0. The zero-order valence-corrected chi connectivity index (χ0v) is 86.9. The fourth-order valence-electron chi connectivity index (χ4n) is 7.24. The third-order valence-corrected chi connectivity index (χ3v) is 16.5. The number of carboxylic acids is 9. The smallest absolute Gasteiger partial charge is 0.324 e. The predicted molar refractivity (Wildman–Crippen MR) is 561 cm³/mol. The molecule has 0 aliphatic rings. The van der Waals surface area contributed by atoms with Crippen LogP contribution < -0.4 is 103 Å². The zero-order valence-electron chi connectivity index (χ0n) is 83.7.